The zero-order valence-electron chi connectivity index (χ0n) is 13.8. The minimum absolute atomic E-state index is 0.175. The molecule has 0 aromatic rings. The van der Waals surface area contributed by atoms with E-state index in [1.54, 1.807) is 0 Å². The second-order valence-electron chi connectivity index (χ2n) is 6.40. The molecule has 4 heteroatoms. The van der Waals surface area contributed by atoms with Crippen molar-refractivity contribution in [1.29, 1.82) is 0 Å². The monoisotopic (exact) mass is 270 g/mol. The number of rotatable bonds is 8. The van der Waals surface area contributed by atoms with Gasteiger partial charge in [-0.15, -0.1) is 0 Å². The molecule has 0 amide bonds. The lowest BCUT2D eigenvalue weighted by Crippen LogP contribution is -2.44. The molecule has 4 nitrogen and oxygen atoms in total. The van der Waals surface area contributed by atoms with E-state index in [1.807, 2.05) is 0 Å². The Labute approximate surface area is 119 Å². The Morgan fingerprint density at radius 3 is 2.32 bits per heavy atom. The first-order valence-corrected chi connectivity index (χ1v) is 7.62. The Bertz CT molecular complexity index is 241. The minimum atomic E-state index is 0.175. The van der Waals surface area contributed by atoms with Gasteiger partial charge in [0.15, 0.2) is 5.96 Å². The van der Waals surface area contributed by atoms with E-state index in [9.17, 15) is 0 Å². The van der Waals surface area contributed by atoms with Gasteiger partial charge < -0.3 is 16.0 Å². The molecule has 0 radical (unpaired) electrons. The third-order valence-electron chi connectivity index (χ3n) is 2.63. The van der Waals surface area contributed by atoms with Crippen LogP contribution < -0.4 is 16.0 Å². The third kappa shape index (κ3) is 13.5. The first-order valence-electron chi connectivity index (χ1n) is 7.62. The third-order valence-corrected chi connectivity index (χ3v) is 2.63. The summed E-state index contributed by atoms with van der Waals surface area (Å²) >= 11 is 0. The molecular weight excluding hydrogens is 236 g/mol. The summed E-state index contributed by atoms with van der Waals surface area (Å²) in [4.78, 5) is 4.59. The van der Waals surface area contributed by atoms with Gasteiger partial charge in [0.25, 0.3) is 0 Å². The molecule has 0 aliphatic heterocycles. The van der Waals surface area contributed by atoms with Gasteiger partial charge in [0.1, 0.15) is 0 Å². The molecule has 0 saturated heterocycles. The molecule has 0 bridgehead atoms. The summed E-state index contributed by atoms with van der Waals surface area (Å²) in [6.45, 7) is 16.8. The van der Waals surface area contributed by atoms with Crippen LogP contribution >= 0.6 is 0 Å². The second-order valence-corrected chi connectivity index (χ2v) is 6.40. The van der Waals surface area contributed by atoms with Crippen LogP contribution in [0.3, 0.4) is 0 Å². The van der Waals surface area contributed by atoms with E-state index in [0.717, 1.165) is 44.5 Å². The van der Waals surface area contributed by atoms with Crippen molar-refractivity contribution >= 4 is 5.96 Å². The Morgan fingerprint density at radius 1 is 1.11 bits per heavy atom. The SMILES string of the molecule is CCNC(=NCCCC(C)C)NCCNC(C)(C)C. The molecule has 0 aliphatic carbocycles. The minimum Gasteiger partial charge on any atom is -0.357 e. The van der Waals surface area contributed by atoms with E-state index in [4.69, 9.17) is 0 Å². The van der Waals surface area contributed by atoms with Gasteiger partial charge in [0, 0.05) is 31.7 Å². The van der Waals surface area contributed by atoms with E-state index in [0.29, 0.717) is 0 Å². The molecule has 0 aromatic heterocycles. The number of guanidine groups is 1. The van der Waals surface area contributed by atoms with Gasteiger partial charge in [-0.25, -0.2) is 0 Å². The van der Waals surface area contributed by atoms with E-state index in [1.165, 1.54) is 6.42 Å². The summed E-state index contributed by atoms with van der Waals surface area (Å²) in [5.74, 6) is 1.70. The zero-order valence-corrected chi connectivity index (χ0v) is 13.8. The van der Waals surface area contributed by atoms with Gasteiger partial charge in [0.05, 0.1) is 0 Å². The fourth-order valence-corrected chi connectivity index (χ4v) is 1.65. The van der Waals surface area contributed by atoms with Gasteiger partial charge in [-0.3, -0.25) is 4.99 Å². The van der Waals surface area contributed by atoms with E-state index < -0.39 is 0 Å². The molecule has 0 aliphatic rings. The molecule has 0 rings (SSSR count). The largest absolute Gasteiger partial charge is 0.357 e. The summed E-state index contributed by atoms with van der Waals surface area (Å²) in [6.07, 6.45) is 2.41. The Hall–Kier alpha value is -0.770. The first kappa shape index (κ1) is 18.2. The van der Waals surface area contributed by atoms with Crippen LogP contribution in [0.5, 0.6) is 0 Å². The van der Waals surface area contributed by atoms with Crippen LogP contribution in [0.25, 0.3) is 0 Å². The number of hydrogen-bond acceptors (Lipinski definition) is 2. The van der Waals surface area contributed by atoms with Crippen molar-refractivity contribution in [1.82, 2.24) is 16.0 Å². The lowest BCUT2D eigenvalue weighted by atomic mass is 10.1. The van der Waals surface area contributed by atoms with Crippen molar-refractivity contribution in [3.8, 4) is 0 Å². The van der Waals surface area contributed by atoms with Crippen LogP contribution in [-0.2, 0) is 0 Å². The Morgan fingerprint density at radius 2 is 1.79 bits per heavy atom. The highest BCUT2D eigenvalue weighted by molar-refractivity contribution is 5.79. The molecular formula is C15H34N4. The molecule has 0 saturated carbocycles. The number of aliphatic imine (C=N–C) groups is 1. The second kappa shape index (κ2) is 10.1. The van der Waals surface area contributed by atoms with Gasteiger partial charge in [0.2, 0.25) is 0 Å². The van der Waals surface area contributed by atoms with Crippen molar-refractivity contribution in [3.63, 3.8) is 0 Å². The molecule has 114 valence electrons. The summed E-state index contributed by atoms with van der Waals surface area (Å²) < 4.78 is 0. The maximum absolute atomic E-state index is 4.59. The quantitative estimate of drug-likeness (QED) is 0.360. The predicted octanol–water partition coefficient (Wildman–Crippen LogP) is 2.37. The van der Waals surface area contributed by atoms with Gasteiger partial charge >= 0.3 is 0 Å². The van der Waals surface area contributed by atoms with Gasteiger partial charge in [-0.1, -0.05) is 13.8 Å². The molecule has 0 heterocycles. The van der Waals surface area contributed by atoms with Crippen molar-refractivity contribution < 1.29 is 0 Å². The molecule has 0 spiro atoms. The van der Waals surface area contributed by atoms with Crippen molar-refractivity contribution in [2.75, 3.05) is 26.2 Å². The normalized spacial score (nSPS) is 12.9. The zero-order chi connectivity index (χ0) is 14.7. The number of hydrogen-bond donors (Lipinski definition) is 3. The maximum Gasteiger partial charge on any atom is 0.191 e. The van der Waals surface area contributed by atoms with Crippen molar-refractivity contribution in [2.24, 2.45) is 10.9 Å². The molecule has 0 unspecified atom stereocenters. The van der Waals surface area contributed by atoms with E-state index in [-0.39, 0.29) is 5.54 Å². The summed E-state index contributed by atoms with van der Waals surface area (Å²) in [5, 5.41) is 10.1. The molecule has 0 atom stereocenters. The van der Waals surface area contributed by atoms with Crippen LogP contribution in [0, 0.1) is 5.92 Å². The topological polar surface area (TPSA) is 48.5 Å². The molecule has 3 N–H and O–H groups in total. The van der Waals surface area contributed by atoms with Crippen molar-refractivity contribution in [3.05, 3.63) is 0 Å². The highest BCUT2D eigenvalue weighted by Crippen LogP contribution is 2.02. The Kier molecular flexibility index (Phi) is 9.66. The lowest BCUT2D eigenvalue weighted by molar-refractivity contribution is 0.428. The molecule has 0 fully saturated rings. The van der Waals surface area contributed by atoms with Crippen molar-refractivity contribution in [2.45, 2.75) is 59.9 Å². The first-order chi connectivity index (χ1) is 8.85. The van der Waals surface area contributed by atoms with Crippen LogP contribution in [0.4, 0.5) is 0 Å². The summed E-state index contributed by atoms with van der Waals surface area (Å²) in [5.41, 5.74) is 0.175. The molecule has 19 heavy (non-hydrogen) atoms. The van der Waals surface area contributed by atoms with Crippen LogP contribution in [0.15, 0.2) is 4.99 Å². The smallest absolute Gasteiger partial charge is 0.191 e. The average molecular weight is 270 g/mol. The average Bonchev–Trinajstić information content (AvgIpc) is 2.28. The summed E-state index contributed by atoms with van der Waals surface area (Å²) in [7, 11) is 0. The van der Waals surface area contributed by atoms with Crippen LogP contribution in [0.2, 0.25) is 0 Å². The van der Waals surface area contributed by atoms with Crippen LogP contribution in [-0.4, -0.2) is 37.7 Å². The molecule has 0 aromatic carbocycles. The Balaban J connectivity index is 3.87. The number of nitrogens with one attached hydrogen (secondary N) is 3. The van der Waals surface area contributed by atoms with Crippen LogP contribution in [0.1, 0.15) is 54.4 Å². The fourth-order valence-electron chi connectivity index (χ4n) is 1.65. The van der Waals surface area contributed by atoms with E-state index in [2.05, 4.69) is 62.5 Å². The highest BCUT2D eigenvalue weighted by atomic mass is 15.2. The van der Waals surface area contributed by atoms with Gasteiger partial charge in [-0.2, -0.15) is 0 Å². The maximum atomic E-state index is 4.59. The van der Waals surface area contributed by atoms with E-state index >= 15 is 0 Å². The van der Waals surface area contributed by atoms with Gasteiger partial charge in [-0.05, 0) is 46.5 Å². The fraction of sp³-hybridized carbons (Fsp3) is 0.933. The predicted molar refractivity (Wildman–Crippen MR) is 85.8 cm³/mol. The summed E-state index contributed by atoms with van der Waals surface area (Å²) in [6, 6.07) is 0. The standard InChI is InChI=1S/C15H34N4/c1-7-16-14(17-10-8-9-13(2)3)18-11-12-19-15(4,5)6/h13,19H,7-12H2,1-6H3,(H2,16,17,18). The number of nitrogens with zero attached hydrogens (tertiary/aromatic N) is 1. The lowest BCUT2D eigenvalue weighted by Gasteiger charge is -2.21. The highest BCUT2D eigenvalue weighted by Gasteiger charge is 2.07.